The van der Waals surface area contributed by atoms with Crippen molar-refractivity contribution >= 4 is 11.4 Å². The SMILES string of the molecule is Cn1nc(CC(=O)COc2ccc(-c3cnc4cnccn34)cn2)cc1C(F)(F)F. The van der Waals surface area contributed by atoms with Crippen molar-refractivity contribution in [3.63, 3.8) is 0 Å². The maximum absolute atomic E-state index is 12.8. The molecule has 4 aromatic rings. The zero-order chi connectivity index (χ0) is 21.3. The van der Waals surface area contributed by atoms with Crippen LogP contribution in [0.1, 0.15) is 11.4 Å². The molecule has 0 saturated heterocycles. The van der Waals surface area contributed by atoms with E-state index < -0.39 is 17.7 Å². The molecule has 0 spiro atoms. The number of carbonyl (C=O) groups is 1. The third kappa shape index (κ3) is 4.00. The van der Waals surface area contributed by atoms with Crippen molar-refractivity contribution in [3.05, 3.63) is 60.6 Å². The molecular weight excluding hydrogens is 401 g/mol. The quantitative estimate of drug-likeness (QED) is 0.480. The van der Waals surface area contributed by atoms with Crippen molar-refractivity contribution in [1.82, 2.24) is 29.1 Å². The Hall–Kier alpha value is -3.76. The number of hydrogen-bond donors (Lipinski definition) is 0. The monoisotopic (exact) mass is 416 g/mol. The summed E-state index contributed by atoms with van der Waals surface area (Å²) >= 11 is 0. The van der Waals surface area contributed by atoms with Gasteiger partial charge in [-0.1, -0.05) is 0 Å². The number of alkyl halides is 3. The second-order valence-electron chi connectivity index (χ2n) is 6.48. The third-order valence-corrected chi connectivity index (χ3v) is 4.33. The van der Waals surface area contributed by atoms with E-state index in [1.807, 2.05) is 4.40 Å². The van der Waals surface area contributed by atoms with Gasteiger partial charge in [0.15, 0.2) is 11.4 Å². The van der Waals surface area contributed by atoms with Gasteiger partial charge in [-0.15, -0.1) is 0 Å². The Morgan fingerprint density at radius 2 is 2.00 bits per heavy atom. The Morgan fingerprint density at radius 1 is 1.17 bits per heavy atom. The molecule has 0 amide bonds. The number of ketones is 1. The molecule has 0 fully saturated rings. The summed E-state index contributed by atoms with van der Waals surface area (Å²) in [6.45, 7) is -0.328. The normalized spacial score (nSPS) is 11.7. The van der Waals surface area contributed by atoms with Crippen LogP contribution in [0, 0.1) is 0 Å². The molecule has 0 aliphatic carbocycles. The van der Waals surface area contributed by atoms with Crippen molar-refractivity contribution < 1.29 is 22.7 Å². The lowest BCUT2D eigenvalue weighted by Gasteiger charge is -2.05. The first kappa shape index (κ1) is 19.6. The summed E-state index contributed by atoms with van der Waals surface area (Å²) in [6.07, 6.45) is 3.55. The Balaban J connectivity index is 1.38. The molecule has 0 bridgehead atoms. The lowest BCUT2D eigenvalue weighted by Crippen LogP contribution is -2.14. The number of aromatic nitrogens is 6. The molecule has 0 aliphatic heterocycles. The number of ether oxygens (including phenoxy) is 1. The fourth-order valence-corrected chi connectivity index (χ4v) is 2.96. The van der Waals surface area contributed by atoms with Crippen LogP contribution in [0.25, 0.3) is 16.9 Å². The predicted octanol–water partition coefficient (Wildman–Crippen LogP) is 2.73. The first-order valence-corrected chi connectivity index (χ1v) is 8.79. The Kier molecular flexibility index (Phi) is 4.94. The van der Waals surface area contributed by atoms with Gasteiger partial charge >= 0.3 is 6.18 Å². The summed E-state index contributed by atoms with van der Waals surface area (Å²) in [6, 6.07) is 4.23. The molecule has 30 heavy (non-hydrogen) atoms. The molecule has 8 nitrogen and oxygen atoms in total. The van der Waals surface area contributed by atoms with E-state index in [4.69, 9.17) is 4.74 Å². The van der Waals surface area contributed by atoms with E-state index in [0.717, 1.165) is 17.3 Å². The number of hydrogen-bond acceptors (Lipinski definition) is 6. The third-order valence-electron chi connectivity index (χ3n) is 4.33. The van der Waals surface area contributed by atoms with Crippen molar-refractivity contribution in [2.45, 2.75) is 12.6 Å². The van der Waals surface area contributed by atoms with Crippen LogP contribution in [0.15, 0.2) is 49.2 Å². The second-order valence-corrected chi connectivity index (χ2v) is 6.48. The zero-order valence-corrected chi connectivity index (χ0v) is 15.7. The Labute approximate surface area is 168 Å². The highest BCUT2D eigenvalue weighted by atomic mass is 19.4. The van der Waals surface area contributed by atoms with Crippen molar-refractivity contribution in [2.24, 2.45) is 7.05 Å². The number of rotatable bonds is 6. The molecule has 0 aliphatic rings. The molecule has 0 saturated carbocycles. The average Bonchev–Trinajstić information content (AvgIpc) is 3.30. The van der Waals surface area contributed by atoms with Gasteiger partial charge in [0.1, 0.15) is 12.3 Å². The van der Waals surface area contributed by atoms with Gasteiger partial charge < -0.3 is 4.74 Å². The van der Waals surface area contributed by atoms with Gasteiger partial charge in [0.2, 0.25) is 5.88 Å². The molecule has 0 atom stereocenters. The predicted molar refractivity (Wildman–Crippen MR) is 98.6 cm³/mol. The summed E-state index contributed by atoms with van der Waals surface area (Å²) in [7, 11) is 1.18. The van der Waals surface area contributed by atoms with Crippen LogP contribution in [0.4, 0.5) is 13.2 Å². The maximum Gasteiger partial charge on any atom is 0.433 e. The number of Topliss-reactive ketones (excluding diaryl/α,β-unsaturated/α-hetero) is 1. The topological polar surface area (TPSA) is 87.2 Å². The molecule has 0 aromatic carbocycles. The molecule has 0 N–H and O–H groups in total. The summed E-state index contributed by atoms with van der Waals surface area (Å²) in [5.74, 6) is -0.193. The summed E-state index contributed by atoms with van der Waals surface area (Å²) in [4.78, 5) is 24.5. The zero-order valence-electron chi connectivity index (χ0n) is 15.7. The number of imidazole rings is 1. The number of carbonyl (C=O) groups excluding carboxylic acids is 1. The van der Waals surface area contributed by atoms with Crippen LogP contribution in [-0.4, -0.2) is 41.5 Å². The molecule has 4 heterocycles. The van der Waals surface area contributed by atoms with Gasteiger partial charge in [0, 0.05) is 37.3 Å². The summed E-state index contributed by atoms with van der Waals surface area (Å²) in [5, 5.41) is 3.73. The Bertz CT molecular complexity index is 1200. The highest BCUT2D eigenvalue weighted by molar-refractivity contribution is 5.81. The van der Waals surface area contributed by atoms with E-state index in [0.29, 0.717) is 10.3 Å². The number of aryl methyl sites for hydroxylation is 1. The van der Waals surface area contributed by atoms with E-state index in [2.05, 4.69) is 20.1 Å². The number of halogens is 3. The van der Waals surface area contributed by atoms with Crippen molar-refractivity contribution in [3.8, 4) is 17.1 Å². The van der Waals surface area contributed by atoms with Crippen LogP contribution in [0.3, 0.4) is 0 Å². The van der Waals surface area contributed by atoms with E-state index in [1.54, 1.807) is 43.1 Å². The lowest BCUT2D eigenvalue weighted by atomic mass is 10.2. The van der Waals surface area contributed by atoms with E-state index in [1.165, 1.54) is 7.05 Å². The average molecular weight is 416 g/mol. The van der Waals surface area contributed by atoms with Gasteiger partial charge in [-0.2, -0.15) is 18.3 Å². The Morgan fingerprint density at radius 3 is 2.70 bits per heavy atom. The van der Waals surface area contributed by atoms with Crippen molar-refractivity contribution in [1.29, 1.82) is 0 Å². The van der Waals surface area contributed by atoms with Gasteiger partial charge in [-0.25, -0.2) is 9.97 Å². The van der Waals surface area contributed by atoms with Gasteiger partial charge in [0.25, 0.3) is 0 Å². The maximum atomic E-state index is 12.8. The van der Waals surface area contributed by atoms with Crippen LogP contribution in [0.5, 0.6) is 5.88 Å². The highest BCUT2D eigenvalue weighted by Gasteiger charge is 2.35. The molecule has 0 unspecified atom stereocenters. The molecule has 4 aromatic heterocycles. The van der Waals surface area contributed by atoms with Gasteiger partial charge in [-0.05, 0) is 12.1 Å². The molecule has 11 heteroatoms. The van der Waals surface area contributed by atoms with Gasteiger partial charge in [0.05, 0.1) is 30.2 Å². The molecule has 0 radical (unpaired) electrons. The lowest BCUT2D eigenvalue weighted by molar-refractivity contribution is -0.143. The molecule has 154 valence electrons. The fourth-order valence-electron chi connectivity index (χ4n) is 2.96. The first-order valence-electron chi connectivity index (χ1n) is 8.79. The van der Waals surface area contributed by atoms with Crippen LogP contribution in [-0.2, 0) is 24.4 Å². The molecular formula is C19H15F3N6O2. The van der Waals surface area contributed by atoms with Crippen LogP contribution >= 0.6 is 0 Å². The standard InChI is InChI=1S/C19H15F3N6O2/c1-27-16(19(20,21)22)7-13(26-27)6-14(29)11-30-18-3-2-12(8-25-18)15-9-24-17-10-23-4-5-28(15)17/h2-5,7-10H,6,11H2,1H3. The first-order chi connectivity index (χ1) is 14.3. The van der Waals surface area contributed by atoms with Crippen molar-refractivity contribution in [2.75, 3.05) is 6.61 Å². The molecule has 4 rings (SSSR count). The number of pyridine rings is 1. The summed E-state index contributed by atoms with van der Waals surface area (Å²) < 4.78 is 46.3. The van der Waals surface area contributed by atoms with Gasteiger partial charge in [-0.3, -0.25) is 18.9 Å². The fraction of sp³-hybridized carbons (Fsp3) is 0.211. The van der Waals surface area contributed by atoms with E-state index in [9.17, 15) is 18.0 Å². The second kappa shape index (κ2) is 7.58. The minimum absolute atomic E-state index is 0.0313. The number of fused-ring (bicyclic) bond motifs is 1. The van der Waals surface area contributed by atoms with Crippen LogP contribution in [0.2, 0.25) is 0 Å². The largest absolute Gasteiger partial charge is 0.470 e. The summed E-state index contributed by atoms with van der Waals surface area (Å²) in [5.41, 5.74) is 1.43. The van der Waals surface area contributed by atoms with E-state index >= 15 is 0 Å². The minimum Gasteiger partial charge on any atom is -0.470 e. The highest BCUT2D eigenvalue weighted by Crippen LogP contribution is 2.29. The minimum atomic E-state index is -4.53. The van der Waals surface area contributed by atoms with Crippen LogP contribution < -0.4 is 4.74 Å². The van der Waals surface area contributed by atoms with E-state index in [-0.39, 0.29) is 24.6 Å². The number of nitrogens with zero attached hydrogens (tertiary/aromatic N) is 6. The smallest absolute Gasteiger partial charge is 0.433 e.